The molecule has 3 heteroatoms. The van der Waals surface area contributed by atoms with E-state index in [9.17, 15) is 0 Å². The molecule has 0 saturated heterocycles. The lowest BCUT2D eigenvalue weighted by Crippen LogP contribution is -2.33. The third kappa shape index (κ3) is 2.07. The number of hydrogen-bond donors (Lipinski definition) is 1. The minimum absolute atomic E-state index is 0.417. The Morgan fingerprint density at radius 1 is 1.28 bits per heavy atom. The summed E-state index contributed by atoms with van der Waals surface area (Å²) in [7, 11) is 0. The molecule has 2 aliphatic rings. The van der Waals surface area contributed by atoms with E-state index in [1.807, 2.05) is 6.07 Å². The van der Waals surface area contributed by atoms with Crippen molar-refractivity contribution in [1.29, 1.82) is 0 Å². The van der Waals surface area contributed by atoms with Gasteiger partial charge in [-0.15, -0.1) is 0 Å². The van der Waals surface area contributed by atoms with Crippen LogP contribution in [-0.2, 0) is 0 Å². The van der Waals surface area contributed by atoms with Crippen LogP contribution in [0, 0.1) is 5.92 Å². The molecule has 0 radical (unpaired) electrons. The van der Waals surface area contributed by atoms with Gasteiger partial charge in [0.05, 0.1) is 0 Å². The lowest BCUT2D eigenvalue weighted by molar-refractivity contribution is 0.163. The van der Waals surface area contributed by atoms with Gasteiger partial charge in [0, 0.05) is 11.6 Å². The quantitative estimate of drug-likeness (QED) is 0.887. The third-order valence-corrected chi connectivity index (χ3v) is 3.98. The molecule has 18 heavy (non-hydrogen) atoms. The van der Waals surface area contributed by atoms with Crippen molar-refractivity contribution >= 4 is 0 Å². The van der Waals surface area contributed by atoms with Crippen LogP contribution >= 0.6 is 0 Å². The maximum atomic E-state index is 5.84. The standard InChI is InChI=1S/C15H21NO2/c1-2-16-14(11-5-3-6-11)12-7-4-8-13-15(12)18-10-9-17-13/h4,7-8,11,14,16H,2-3,5-6,9-10H2,1H3. The number of ether oxygens (including phenoxy) is 2. The van der Waals surface area contributed by atoms with E-state index in [-0.39, 0.29) is 0 Å². The Labute approximate surface area is 108 Å². The van der Waals surface area contributed by atoms with Gasteiger partial charge in [0.15, 0.2) is 11.5 Å². The van der Waals surface area contributed by atoms with Crippen LogP contribution in [-0.4, -0.2) is 19.8 Å². The lowest BCUT2D eigenvalue weighted by atomic mass is 9.77. The number of hydrogen-bond acceptors (Lipinski definition) is 3. The van der Waals surface area contributed by atoms with Crippen LogP contribution in [0.1, 0.15) is 37.8 Å². The normalized spacial score (nSPS) is 20.3. The zero-order valence-electron chi connectivity index (χ0n) is 10.9. The van der Waals surface area contributed by atoms with E-state index >= 15 is 0 Å². The highest BCUT2D eigenvalue weighted by Gasteiger charge is 2.31. The van der Waals surface area contributed by atoms with E-state index in [1.54, 1.807) is 0 Å². The Morgan fingerprint density at radius 2 is 2.11 bits per heavy atom. The summed E-state index contributed by atoms with van der Waals surface area (Å²) in [4.78, 5) is 0. The van der Waals surface area contributed by atoms with Gasteiger partial charge in [-0.25, -0.2) is 0 Å². The monoisotopic (exact) mass is 247 g/mol. The van der Waals surface area contributed by atoms with Gasteiger partial charge in [-0.2, -0.15) is 0 Å². The fraction of sp³-hybridized carbons (Fsp3) is 0.600. The number of benzene rings is 1. The first-order valence-corrected chi connectivity index (χ1v) is 7.02. The van der Waals surface area contributed by atoms with Gasteiger partial charge in [0.25, 0.3) is 0 Å². The van der Waals surface area contributed by atoms with Crippen molar-refractivity contribution in [2.24, 2.45) is 5.92 Å². The average molecular weight is 247 g/mol. The number of fused-ring (bicyclic) bond motifs is 1. The highest BCUT2D eigenvalue weighted by Crippen LogP contribution is 2.44. The molecule has 1 fully saturated rings. The predicted molar refractivity (Wildman–Crippen MR) is 71.2 cm³/mol. The molecule has 1 aromatic carbocycles. The highest BCUT2D eigenvalue weighted by molar-refractivity contribution is 5.49. The molecular formula is C15H21NO2. The highest BCUT2D eigenvalue weighted by atomic mass is 16.6. The molecule has 1 saturated carbocycles. The maximum Gasteiger partial charge on any atom is 0.166 e. The largest absolute Gasteiger partial charge is 0.486 e. The van der Waals surface area contributed by atoms with Crippen LogP contribution in [0.3, 0.4) is 0 Å². The summed E-state index contributed by atoms with van der Waals surface area (Å²) in [6.07, 6.45) is 4.00. The summed E-state index contributed by atoms with van der Waals surface area (Å²) in [6.45, 7) is 4.48. The van der Waals surface area contributed by atoms with Gasteiger partial charge >= 0.3 is 0 Å². The minimum atomic E-state index is 0.417. The Hall–Kier alpha value is -1.22. The Balaban J connectivity index is 1.92. The van der Waals surface area contributed by atoms with Gasteiger partial charge in [0.1, 0.15) is 13.2 Å². The molecule has 1 aliphatic carbocycles. The molecule has 98 valence electrons. The number of rotatable bonds is 4. The fourth-order valence-corrected chi connectivity index (χ4v) is 2.86. The second-order valence-corrected chi connectivity index (χ2v) is 5.10. The lowest BCUT2D eigenvalue weighted by Gasteiger charge is -2.36. The predicted octanol–water partition coefficient (Wildman–Crippen LogP) is 2.91. The maximum absolute atomic E-state index is 5.84. The van der Waals surface area contributed by atoms with Crippen LogP contribution < -0.4 is 14.8 Å². The van der Waals surface area contributed by atoms with Crippen LogP contribution in [0.4, 0.5) is 0 Å². The molecule has 0 aromatic heterocycles. The Kier molecular flexibility index (Phi) is 3.41. The van der Waals surface area contributed by atoms with E-state index in [1.165, 1.54) is 24.8 Å². The molecule has 0 spiro atoms. The van der Waals surface area contributed by atoms with Crippen molar-refractivity contribution in [3.8, 4) is 11.5 Å². The smallest absolute Gasteiger partial charge is 0.166 e. The first kappa shape index (κ1) is 11.8. The van der Waals surface area contributed by atoms with Crippen molar-refractivity contribution in [3.05, 3.63) is 23.8 Å². The van der Waals surface area contributed by atoms with Crippen LogP contribution in [0.25, 0.3) is 0 Å². The zero-order valence-corrected chi connectivity index (χ0v) is 10.9. The van der Waals surface area contributed by atoms with Gasteiger partial charge in [-0.05, 0) is 31.4 Å². The summed E-state index contributed by atoms with van der Waals surface area (Å²) in [6, 6.07) is 6.67. The molecule has 3 rings (SSSR count). The number of para-hydroxylation sites is 1. The SMILES string of the molecule is CCNC(c1cccc2c1OCCO2)C1CCC1. The summed E-state index contributed by atoms with van der Waals surface area (Å²) < 4.78 is 11.5. The number of nitrogens with one attached hydrogen (secondary N) is 1. The molecule has 1 N–H and O–H groups in total. The molecule has 1 aromatic rings. The summed E-state index contributed by atoms with van der Waals surface area (Å²) in [5.41, 5.74) is 1.28. The zero-order chi connectivity index (χ0) is 12.4. The van der Waals surface area contributed by atoms with Gasteiger partial charge < -0.3 is 14.8 Å². The topological polar surface area (TPSA) is 30.5 Å². The molecule has 3 nitrogen and oxygen atoms in total. The average Bonchev–Trinajstić information content (AvgIpc) is 2.35. The first-order chi connectivity index (χ1) is 8.90. The van der Waals surface area contributed by atoms with Crippen LogP contribution in [0.5, 0.6) is 11.5 Å². The van der Waals surface area contributed by atoms with Crippen LogP contribution in [0.2, 0.25) is 0 Å². The van der Waals surface area contributed by atoms with Gasteiger partial charge in [0.2, 0.25) is 0 Å². The van der Waals surface area contributed by atoms with Crippen molar-refractivity contribution in [1.82, 2.24) is 5.32 Å². The molecule has 1 unspecified atom stereocenters. The second kappa shape index (κ2) is 5.19. The van der Waals surface area contributed by atoms with E-state index in [2.05, 4.69) is 24.4 Å². The van der Waals surface area contributed by atoms with E-state index in [4.69, 9.17) is 9.47 Å². The second-order valence-electron chi connectivity index (χ2n) is 5.10. The summed E-state index contributed by atoms with van der Waals surface area (Å²) >= 11 is 0. The Bertz CT molecular complexity index is 415. The summed E-state index contributed by atoms with van der Waals surface area (Å²) in [5.74, 6) is 2.62. The molecule has 1 heterocycles. The summed E-state index contributed by atoms with van der Waals surface area (Å²) in [5, 5.41) is 3.62. The third-order valence-electron chi connectivity index (χ3n) is 3.98. The van der Waals surface area contributed by atoms with Crippen molar-refractivity contribution in [2.45, 2.75) is 32.2 Å². The van der Waals surface area contributed by atoms with Crippen molar-refractivity contribution in [2.75, 3.05) is 19.8 Å². The minimum Gasteiger partial charge on any atom is -0.486 e. The van der Waals surface area contributed by atoms with Crippen molar-refractivity contribution in [3.63, 3.8) is 0 Å². The Morgan fingerprint density at radius 3 is 2.83 bits per heavy atom. The van der Waals surface area contributed by atoms with E-state index in [0.29, 0.717) is 19.3 Å². The van der Waals surface area contributed by atoms with Gasteiger partial charge in [-0.1, -0.05) is 25.5 Å². The molecule has 1 atom stereocenters. The molecule has 0 amide bonds. The fourth-order valence-electron chi connectivity index (χ4n) is 2.86. The van der Waals surface area contributed by atoms with Crippen LogP contribution in [0.15, 0.2) is 18.2 Å². The van der Waals surface area contributed by atoms with Gasteiger partial charge in [-0.3, -0.25) is 0 Å². The van der Waals surface area contributed by atoms with E-state index < -0.39 is 0 Å². The first-order valence-electron chi connectivity index (χ1n) is 7.02. The van der Waals surface area contributed by atoms with E-state index in [0.717, 1.165) is 24.0 Å². The molecule has 0 bridgehead atoms. The molecule has 1 aliphatic heterocycles. The molecular weight excluding hydrogens is 226 g/mol. The van der Waals surface area contributed by atoms with Crippen molar-refractivity contribution < 1.29 is 9.47 Å².